The van der Waals surface area contributed by atoms with Gasteiger partial charge in [-0.15, -0.1) is 23.7 Å². The fourth-order valence-electron chi connectivity index (χ4n) is 5.32. The van der Waals surface area contributed by atoms with E-state index in [4.69, 9.17) is 11.6 Å². The number of nitrogens with one attached hydrogen (secondary N) is 3. The Bertz CT molecular complexity index is 1370. The SMILES string of the molecule is CCN(C)C(=O)[C@H]1CC[C@H](NC(=O)c2cc3cc(Cl)ccc3[nH]2)[C@H](NC(=O)c2nc3c(s2)CN(C)CC3)C1.Cl. The van der Waals surface area contributed by atoms with E-state index in [2.05, 4.69) is 32.5 Å². The maximum Gasteiger partial charge on any atom is 0.280 e. The molecule has 1 fully saturated rings. The summed E-state index contributed by atoms with van der Waals surface area (Å²) in [6.45, 7) is 4.27. The molecule has 0 spiro atoms. The van der Waals surface area contributed by atoms with Crippen LogP contribution in [0.1, 0.15) is 57.0 Å². The van der Waals surface area contributed by atoms with Gasteiger partial charge in [0, 0.05) is 65.9 Å². The lowest BCUT2D eigenvalue weighted by molar-refractivity contribution is -0.135. The van der Waals surface area contributed by atoms with Crippen LogP contribution >= 0.6 is 35.3 Å². The molecule has 3 aromatic rings. The van der Waals surface area contributed by atoms with Crippen molar-refractivity contribution in [2.24, 2.45) is 5.92 Å². The second kappa shape index (κ2) is 12.2. The number of aromatic amines is 1. The van der Waals surface area contributed by atoms with E-state index in [0.717, 1.165) is 41.0 Å². The quantitative estimate of drug-likeness (QED) is 0.402. The van der Waals surface area contributed by atoms with Gasteiger partial charge in [-0.25, -0.2) is 4.98 Å². The molecule has 1 aliphatic carbocycles. The molecule has 1 aliphatic heterocycles. The van der Waals surface area contributed by atoms with Gasteiger partial charge in [0.1, 0.15) is 5.69 Å². The molecule has 2 aliphatic rings. The summed E-state index contributed by atoms with van der Waals surface area (Å²) in [6.07, 6.45) is 2.50. The maximum absolute atomic E-state index is 13.3. The second-order valence-corrected chi connectivity index (χ2v) is 11.8. The fraction of sp³-hybridized carbons (Fsp3) is 0.481. The van der Waals surface area contributed by atoms with Crippen molar-refractivity contribution in [3.8, 4) is 0 Å². The maximum atomic E-state index is 13.3. The first-order chi connectivity index (χ1) is 18.2. The Hall–Kier alpha value is -2.66. The monoisotopic (exact) mass is 592 g/mol. The number of amides is 3. The lowest BCUT2D eigenvalue weighted by Crippen LogP contribution is -2.56. The minimum Gasteiger partial charge on any atom is -0.351 e. The average molecular weight is 594 g/mol. The molecule has 3 amide bonds. The largest absolute Gasteiger partial charge is 0.351 e. The van der Waals surface area contributed by atoms with Gasteiger partial charge in [-0.1, -0.05) is 11.6 Å². The highest BCUT2D eigenvalue weighted by atomic mass is 35.5. The molecular weight excluding hydrogens is 559 g/mol. The van der Waals surface area contributed by atoms with Gasteiger partial charge in [-0.2, -0.15) is 0 Å². The van der Waals surface area contributed by atoms with Crippen molar-refractivity contribution in [1.82, 2.24) is 30.4 Å². The number of carbonyl (C=O) groups is 3. The number of aromatic nitrogens is 2. The predicted octanol–water partition coefficient (Wildman–Crippen LogP) is 3.86. The number of fused-ring (bicyclic) bond motifs is 2. The number of nitrogens with zero attached hydrogens (tertiary/aromatic N) is 3. The van der Waals surface area contributed by atoms with E-state index in [1.165, 1.54) is 11.3 Å². The van der Waals surface area contributed by atoms with Gasteiger partial charge in [0.05, 0.1) is 11.7 Å². The number of halogens is 2. The molecule has 9 nitrogen and oxygen atoms in total. The Morgan fingerprint density at radius 2 is 1.95 bits per heavy atom. The number of H-pyrrole nitrogens is 1. The van der Waals surface area contributed by atoms with Crippen molar-refractivity contribution in [3.05, 3.63) is 50.6 Å². The Balaban J connectivity index is 0.00000353. The predicted molar refractivity (Wildman–Crippen MR) is 156 cm³/mol. The summed E-state index contributed by atoms with van der Waals surface area (Å²) in [5.41, 5.74) is 2.23. The van der Waals surface area contributed by atoms with E-state index in [1.54, 1.807) is 30.1 Å². The zero-order valence-electron chi connectivity index (χ0n) is 22.3. The molecule has 0 unspecified atom stereocenters. The third-order valence-corrected chi connectivity index (χ3v) is 8.94. The molecule has 5 rings (SSSR count). The van der Waals surface area contributed by atoms with Crippen molar-refractivity contribution in [2.75, 3.05) is 27.2 Å². The van der Waals surface area contributed by atoms with Crippen molar-refractivity contribution in [3.63, 3.8) is 0 Å². The smallest absolute Gasteiger partial charge is 0.280 e. The topological polar surface area (TPSA) is 110 Å². The summed E-state index contributed by atoms with van der Waals surface area (Å²) in [5.74, 6) is -0.665. The van der Waals surface area contributed by atoms with Crippen LogP contribution in [-0.2, 0) is 17.8 Å². The van der Waals surface area contributed by atoms with Crippen LogP contribution < -0.4 is 10.6 Å². The molecule has 3 N–H and O–H groups in total. The van der Waals surface area contributed by atoms with Crippen LogP contribution in [0.4, 0.5) is 0 Å². The van der Waals surface area contributed by atoms with Crippen LogP contribution in [0, 0.1) is 5.92 Å². The second-order valence-electron chi connectivity index (χ2n) is 10.3. The highest BCUT2D eigenvalue weighted by Crippen LogP contribution is 2.29. The van der Waals surface area contributed by atoms with Gasteiger partial charge in [0.2, 0.25) is 5.91 Å². The first-order valence-electron chi connectivity index (χ1n) is 13.0. The third-order valence-electron chi connectivity index (χ3n) is 7.63. The highest BCUT2D eigenvalue weighted by molar-refractivity contribution is 7.13. The van der Waals surface area contributed by atoms with E-state index < -0.39 is 6.04 Å². The molecule has 39 heavy (non-hydrogen) atoms. The first-order valence-corrected chi connectivity index (χ1v) is 14.2. The van der Waals surface area contributed by atoms with Crippen molar-refractivity contribution in [2.45, 2.75) is 51.2 Å². The normalized spacial score (nSPS) is 21.1. The number of likely N-dealkylation sites (N-methyl/N-ethyl adjacent to an activating group) is 1. The van der Waals surface area contributed by atoms with Crippen molar-refractivity contribution < 1.29 is 14.4 Å². The summed E-state index contributed by atoms with van der Waals surface area (Å²) >= 11 is 7.52. The van der Waals surface area contributed by atoms with E-state index in [9.17, 15) is 14.4 Å². The van der Waals surface area contributed by atoms with Crippen LogP contribution in [-0.4, -0.2) is 76.8 Å². The molecule has 2 aromatic heterocycles. The van der Waals surface area contributed by atoms with E-state index in [1.807, 2.05) is 13.0 Å². The van der Waals surface area contributed by atoms with Gasteiger partial charge in [0.25, 0.3) is 11.8 Å². The highest BCUT2D eigenvalue weighted by Gasteiger charge is 2.37. The molecule has 3 atom stereocenters. The van der Waals surface area contributed by atoms with E-state index >= 15 is 0 Å². The lowest BCUT2D eigenvalue weighted by atomic mass is 9.81. The molecule has 0 bridgehead atoms. The van der Waals surface area contributed by atoms with E-state index in [0.29, 0.717) is 41.5 Å². The molecule has 12 heteroatoms. The number of hydrogen-bond acceptors (Lipinski definition) is 6. The fourth-order valence-corrected chi connectivity index (χ4v) is 6.59. The summed E-state index contributed by atoms with van der Waals surface area (Å²) < 4.78 is 0. The number of thiazole rings is 1. The average Bonchev–Trinajstić information content (AvgIpc) is 3.52. The molecule has 210 valence electrons. The molecule has 0 saturated heterocycles. The van der Waals surface area contributed by atoms with Gasteiger partial charge >= 0.3 is 0 Å². The summed E-state index contributed by atoms with van der Waals surface area (Å²) in [5, 5.41) is 8.11. The Morgan fingerprint density at radius 1 is 1.18 bits per heavy atom. The van der Waals surface area contributed by atoms with Crippen LogP contribution in [0.2, 0.25) is 5.02 Å². The van der Waals surface area contributed by atoms with Crippen molar-refractivity contribution >= 4 is 64.0 Å². The molecular formula is C27H34Cl2N6O3S. The molecule has 3 heterocycles. The lowest BCUT2D eigenvalue weighted by Gasteiger charge is -2.37. The molecule has 0 radical (unpaired) electrons. The molecule has 1 saturated carbocycles. The first kappa shape index (κ1) is 29.3. The number of benzene rings is 1. The zero-order chi connectivity index (χ0) is 27.0. The van der Waals surface area contributed by atoms with Crippen LogP contribution in [0.3, 0.4) is 0 Å². The molecule has 1 aromatic carbocycles. The van der Waals surface area contributed by atoms with Crippen LogP contribution in [0.25, 0.3) is 10.9 Å². The number of carbonyl (C=O) groups excluding carboxylic acids is 3. The number of rotatable bonds is 6. The van der Waals surface area contributed by atoms with Crippen LogP contribution in [0.5, 0.6) is 0 Å². The van der Waals surface area contributed by atoms with E-state index in [-0.39, 0.29) is 42.1 Å². The summed E-state index contributed by atoms with van der Waals surface area (Å²) in [7, 11) is 3.85. The van der Waals surface area contributed by atoms with Gasteiger partial charge in [0.15, 0.2) is 5.01 Å². The summed E-state index contributed by atoms with van der Waals surface area (Å²) in [6, 6.07) is 6.46. The van der Waals surface area contributed by atoms with Crippen molar-refractivity contribution in [1.29, 1.82) is 0 Å². The minimum absolute atomic E-state index is 0. The van der Waals surface area contributed by atoms with Crippen LogP contribution in [0.15, 0.2) is 24.3 Å². The Labute approximate surface area is 243 Å². The Kier molecular flexibility index (Phi) is 9.21. The van der Waals surface area contributed by atoms with Gasteiger partial charge in [-0.3, -0.25) is 14.4 Å². The van der Waals surface area contributed by atoms with Gasteiger partial charge < -0.3 is 25.4 Å². The third kappa shape index (κ3) is 6.40. The number of hydrogen-bond donors (Lipinski definition) is 3. The Morgan fingerprint density at radius 3 is 2.72 bits per heavy atom. The van der Waals surface area contributed by atoms with Gasteiger partial charge in [-0.05, 0) is 57.5 Å². The minimum atomic E-state index is -0.401. The summed E-state index contributed by atoms with van der Waals surface area (Å²) in [4.78, 5) is 52.3. The standard InChI is InChI=1S/C27H33ClN6O3S.ClH/c1-4-34(3)27(37)15-5-7-19(30-24(35)22-13-16-11-17(28)6-8-18(16)29-22)21(12-15)31-25(36)26-32-20-9-10-33(2)14-23(20)38-26;/h6,8,11,13,15,19,21,29H,4-5,7,9-10,12,14H2,1-3H3,(H,30,35)(H,31,36);1H/t15-,19-,21+;/m0./s1. The zero-order valence-corrected chi connectivity index (χ0v) is 24.6.